The lowest BCUT2D eigenvalue weighted by Gasteiger charge is -2.16. The second kappa shape index (κ2) is 6.46. The molecule has 0 spiro atoms. The maximum atomic E-state index is 10.7. The molecule has 1 unspecified atom stereocenters. The van der Waals surface area contributed by atoms with Crippen LogP contribution in [-0.4, -0.2) is 48.6 Å². The fourth-order valence-electron chi connectivity index (χ4n) is 2.09. The summed E-state index contributed by atoms with van der Waals surface area (Å²) in [7, 11) is 0. The summed E-state index contributed by atoms with van der Waals surface area (Å²) in [5.74, 6) is -1.65. The predicted molar refractivity (Wildman–Crippen MR) is 76.5 cm³/mol. The molecule has 0 fully saturated rings. The molecule has 0 saturated carbocycles. The molecule has 8 heteroatoms. The van der Waals surface area contributed by atoms with Crippen molar-refractivity contribution in [3.05, 3.63) is 42.0 Å². The highest BCUT2D eigenvalue weighted by atomic mass is 16.4. The van der Waals surface area contributed by atoms with Crippen molar-refractivity contribution in [2.24, 2.45) is 5.73 Å². The van der Waals surface area contributed by atoms with E-state index in [0.717, 1.165) is 0 Å². The quantitative estimate of drug-likeness (QED) is 0.466. The fourth-order valence-corrected chi connectivity index (χ4v) is 2.09. The highest BCUT2D eigenvalue weighted by molar-refractivity contribution is 5.73. The average molecular weight is 307 g/mol. The first-order chi connectivity index (χ1) is 10.4. The third-order valence-electron chi connectivity index (χ3n) is 3.32. The van der Waals surface area contributed by atoms with Crippen molar-refractivity contribution >= 4 is 5.97 Å². The number of hydrogen-bond acceptors (Lipinski definition) is 6. The Morgan fingerprint density at radius 3 is 2.64 bits per heavy atom. The van der Waals surface area contributed by atoms with E-state index in [0.29, 0.717) is 11.3 Å². The van der Waals surface area contributed by atoms with Crippen LogP contribution in [0.5, 0.6) is 11.5 Å². The van der Waals surface area contributed by atoms with Gasteiger partial charge in [0.1, 0.15) is 6.04 Å². The average Bonchev–Trinajstić information content (AvgIpc) is 2.91. The minimum Gasteiger partial charge on any atom is -0.504 e. The molecule has 2 aromatic rings. The topological polar surface area (TPSA) is 142 Å². The van der Waals surface area contributed by atoms with Crippen molar-refractivity contribution in [1.82, 2.24) is 9.55 Å². The molecule has 0 aliphatic heterocycles. The molecule has 0 saturated heterocycles. The molecule has 0 amide bonds. The molecule has 1 aromatic carbocycles. The Balaban J connectivity index is 2.23. The molecule has 8 nitrogen and oxygen atoms in total. The Morgan fingerprint density at radius 2 is 2.05 bits per heavy atom. The van der Waals surface area contributed by atoms with E-state index in [-0.39, 0.29) is 24.5 Å². The lowest BCUT2D eigenvalue weighted by Crippen LogP contribution is -2.32. The Hall–Kier alpha value is -2.58. The van der Waals surface area contributed by atoms with Crippen molar-refractivity contribution in [2.45, 2.75) is 18.5 Å². The molecular weight excluding hydrogens is 290 g/mol. The van der Waals surface area contributed by atoms with Crippen molar-refractivity contribution in [3.63, 3.8) is 0 Å². The zero-order chi connectivity index (χ0) is 16.3. The van der Waals surface area contributed by atoms with Gasteiger partial charge in [0.25, 0.3) is 0 Å². The number of carboxylic acid groups (broad SMARTS) is 1. The van der Waals surface area contributed by atoms with Gasteiger partial charge in [-0.15, -0.1) is 0 Å². The van der Waals surface area contributed by atoms with E-state index in [1.807, 2.05) is 0 Å². The molecule has 0 aliphatic carbocycles. The van der Waals surface area contributed by atoms with Gasteiger partial charge < -0.3 is 30.7 Å². The first-order valence-electron chi connectivity index (χ1n) is 6.56. The molecule has 2 rings (SSSR count). The third kappa shape index (κ3) is 3.35. The van der Waals surface area contributed by atoms with Crippen molar-refractivity contribution in [2.75, 3.05) is 6.61 Å². The number of rotatable bonds is 6. The molecule has 6 N–H and O–H groups in total. The molecule has 1 aromatic heterocycles. The van der Waals surface area contributed by atoms with Crippen LogP contribution in [-0.2, 0) is 11.2 Å². The third-order valence-corrected chi connectivity index (χ3v) is 3.32. The van der Waals surface area contributed by atoms with Crippen LogP contribution in [0.1, 0.15) is 17.3 Å². The van der Waals surface area contributed by atoms with Crippen LogP contribution in [0.25, 0.3) is 0 Å². The largest absolute Gasteiger partial charge is 0.504 e. The van der Waals surface area contributed by atoms with E-state index < -0.39 is 18.1 Å². The number of nitrogens with zero attached hydrogens (tertiary/aromatic N) is 2. The number of hydrogen-bond donors (Lipinski definition) is 5. The van der Waals surface area contributed by atoms with Crippen LogP contribution in [0.15, 0.2) is 30.7 Å². The highest BCUT2D eigenvalue weighted by Crippen LogP contribution is 2.29. The molecule has 0 bridgehead atoms. The van der Waals surface area contributed by atoms with Crippen molar-refractivity contribution < 1.29 is 25.2 Å². The number of aromatic nitrogens is 2. The van der Waals surface area contributed by atoms with Crippen LogP contribution in [0.3, 0.4) is 0 Å². The molecule has 118 valence electrons. The number of nitrogens with two attached hydrogens (primary N) is 1. The zero-order valence-corrected chi connectivity index (χ0v) is 11.6. The van der Waals surface area contributed by atoms with E-state index in [1.54, 1.807) is 16.8 Å². The lowest BCUT2D eigenvalue weighted by molar-refractivity contribution is -0.138. The summed E-state index contributed by atoms with van der Waals surface area (Å²) in [6.07, 6.45) is 3.11. The van der Waals surface area contributed by atoms with Crippen molar-refractivity contribution in [1.29, 1.82) is 0 Å². The summed E-state index contributed by atoms with van der Waals surface area (Å²) in [5, 5.41) is 37.2. The number of carbonyl (C=O) groups is 1. The zero-order valence-electron chi connectivity index (χ0n) is 11.6. The maximum Gasteiger partial charge on any atom is 0.320 e. The first kappa shape index (κ1) is 15.8. The number of aliphatic hydroxyl groups excluding tert-OH is 1. The predicted octanol–water partition coefficient (Wildman–Crippen LogP) is -0.170. The SMILES string of the molecule is N[C@@H](Cc1cn(C(CO)c2ccc(O)c(O)c2)cn1)C(=O)O. The second-order valence-corrected chi connectivity index (χ2v) is 4.91. The van der Waals surface area contributed by atoms with Gasteiger partial charge in [0.05, 0.1) is 24.7 Å². The minimum absolute atomic E-state index is 0.0707. The number of carboxylic acids is 1. The van der Waals surface area contributed by atoms with Gasteiger partial charge in [0.2, 0.25) is 0 Å². The number of phenols is 2. The summed E-state index contributed by atoms with van der Waals surface area (Å²) in [5.41, 5.74) is 6.51. The molecule has 0 aliphatic rings. The summed E-state index contributed by atoms with van der Waals surface area (Å²) in [6.45, 7) is -0.259. The normalized spacial score (nSPS) is 13.7. The van der Waals surface area contributed by atoms with Gasteiger partial charge in [-0.3, -0.25) is 4.79 Å². The number of aliphatic carboxylic acids is 1. The van der Waals surface area contributed by atoms with Gasteiger partial charge in [-0.1, -0.05) is 6.07 Å². The first-order valence-corrected chi connectivity index (χ1v) is 6.56. The number of aromatic hydroxyl groups is 2. The number of imidazole rings is 1. The van der Waals surface area contributed by atoms with E-state index >= 15 is 0 Å². The van der Waals surface area contributed by atoms with E-state index in [4.69, 9.17) is 10.8 Å². The van der Waals surface area contributed by atoms with E-state index in [2.05, 4.69) is 4.98 Å². The highest BCUT2D eigenvalue weighted by Gasteiger charge is 2.18. The Bertz CT molecular complexity index is 670. The summed E-state index contributed by atoms with van der Waals surface area (Å²) in [6, 6.07) is 2.67. The van der Waals surface area contributed by atoms with Crippen LogP contribution in [0, 0.1) is 0 Å². The number of aliphatic hydroxyl groups is 1. The van der Waals surface area contributed by atoms with Crippen LogP contribution in [0.4, 0.5) is 0 Å². The van der Waals surface area contributed by atoms with Crippen LogP contribution < -0.4 is 5.73 Å². The van der Waals surface area contributed by atoms with E-state index in [9.17, 15) is 20.1 Å². The van der Waals surface area contributed by atoms with Gasteiger partial charge in [0, 0.05) is 12.6 Å². The number of benzene rings is 1. The van der Waals surface area contributed by atoms with Crippen LogP contribution >= 0.6 is 0 Å². The summed E-state index contributed by atoms with van der Waals surface area (Å²) in [4.78, 5) is 14.8. The van der Waals surface area contributed by atoms with Crippen LogP contribution in [0.2, 0.25) is 0 Å². The van der Waals surface area contributed by atoms with Gasteiger partial charge in [-0.2, -0.15) is 0 Å². The van der Waals surface area contributed by atoms with E-state index in [1.165, 1.54) is 18.5 Å². The Kier molecular flexibility index (Phi) is 4.64. The smallest absolute Gasteiger partial charge is 0.320 e. The molecule has 22 heavy (non-hydrogen) atoms. The molecule has 0 radical (unpaired) electrons. The standard InChI is InChI=1S/C14H17N3O5/c15-10(14(21)22)4-9-5-17(7-16-9)11(6-18)8-1-2-12(19)13(20)3-8/h1-3,5,7,10-11,18-20H,4,6,15H2,(H,21,22)/t10-,11?/m0/s1. The lowest BCUT2D eigenvalue weighted by atomic mass is 10.1. The summed E-state index contributed by atoms with van der Waals surface area (Å²) >= 11 is 0. The maximum absolute atomic E-state index is 10.7. The molecular formula is C14H17N3O5. The van der Waals surface area contributed by atoms with Crippen molar-refractivity contribution in [3.8, 4) is 11.5 Å². The molecule has 2 atom stereocenters. The second-order valence-electron chi connectivity index (χ2n) is 4.91. The Labute approximate surface area is 126 Å². The van der Waals surface area contributed by atoms with Gasteiger partial charge in [-0.05, 0) is 17.7 Å². The summed E-state index contributed by atoms with van der Waals surface area (Å²) < 4.78 is 1.59. The number of phenolic OH excluding ortho intramolecular Hbond substituents is 2. The fraction of sp³-hybridized carbons (Fsp3) is 0.286. The monoisotopic (exact) mass is 307 g/mol. The van der Waals surface area contributed by atoms with Gasteiger partial charge >= 0.3 is 5.97 Å². The van der Waals surface area contributed by atoms with Gasteiger partial charge in [0.15, 0.2) is 11.5 Å². The molecule has 1 heterocycles. The van der Waals surface area contributed by atoms with Gasteiger partial charge in [-0.25, -0.2) is 4.98 Å². The Morgan fingerprint density at radius 1 is 1.32 bits per heavy atom. The minimum atomic E-state index is -1.11.